The number of hydrogen-bond donors (Lipinski definition) is 1. The van der Waals surface area contributed by atoms with Crippen LogP contribution in [0.1, 0.15) is 6.42 Å². The molecule has 1 N–H and O–H groups in total. The predicted octanol–water partition coefficient (Wildman–Crippen LogP) is 0.0170. The van der Waals surface area contributed by atoms with Crippen LogP contribution in [-0.2, 0) is 4.74 Å². The number of rotatable bonds is 2. The molecule has 2 rings (SSSR count). The highest BCUT2D eigenvalue weighted by Gasteiger charge is 2.31. The number of nitrogens with zero attached hydrogens (tertiary/aromatic N) is 1. The molecular weight excluding hydrogens is 171 g/mol. The van der Waals surface area contributed by atoms with Gasteiger partial charge in [0.05, 0.1) is 19.3 Å². The summed E-state index contributed by atoms with van der Waals surface area (Å²) in [6.07, 6.45) is 0.188. The summed E-state index contributed by atoms with van der Waals surface area (Å²) >= 11 is 0. The first-order chi connectivity index (χ1) is 6.25. The minimum atomic E-state index is -0.723. The second-order valence-electron chi connectivity index (χ2n) is 4.07. The Bertz CT molecular complexity index is 175. The van der Waals surface area contributed by atoms with Gasteiger partial charge < -0.3 is 15.0 Å². The molecule has 0 aromatic heterocycles. The minimum absolute atomic E-state index is 0.0464. The normalized spacial score (nSPS) is 37.4. The van der Waals surface area contributed by atoms with E-state index >= 15 is 0 Å². The third-order valence-corrected chi connectivity index (χ3v) is 2.83. The maximum absolute atomic E-state index is 13.5. The van der Waals surface area contributed by atoms with Crippen LogP contribution in [-0.4, -0.2) is 56.5 Å². The number of piperidine rings is 1. The van der Waals surface area contributed by atoms with E-state index in [-0.39, 0.29) is 6.04 Å². The Morgan fingerprint density at radius 3 is 2.77 bits per heavy atom. The smallest absolute Gasteiger partial charge is 0.128 e. The number of alkyl halides is 1. The molecule has 2 aliphatic rings. The van der Waals surface area contributed by atoms with Gasteiger partial charge in [-0.3, -0.25) is 0 Å². The van der Waals surface area contributed by atoms with Gasteiger partial charge >= 0.3 is 0 Å². The van der Waals surface area contributed by atoms with Gasteiger partial charge in [0.1, 0.15) is 6.17 Å². The lowest BCUT2D eigenvalue weighted by Crippen LogP contribution is -2.57. The first-order valence-corrected chi connectivity index (χ1v) is 4.92. The SMILES string of the molecule is CN1CCC(NC2COC2)C(F)C1. The van der Waals surface area contributed by atoms with Crippen LogP contribution in [0.3, 0.4) is 0 Å². The van der Waals surface area contributed by atoms with E-state index in [0.717, 1.165) is 26.2 Å². The standard InChI is InChI=1S/C9H17FN2O/c1-12-3-2-9(8(10)4-12)11-7-5-13-6-7/h7-9,11H,2-6H2,1H3. The van der Waals surface area contributed by atoms with E-state index in [1.807, 2.05) is 11.9 Å². The molecule has 2 saturated heterocycles. The van der Waals surface area contributed by atoms with E-state index < -0.39 is 6.17 Å². The average molecular weight is 188 g/mol. The Kier molecular flexibility index (Phi) is 2.81. The highest BCUT2D eigenvalue weighted by Crippen LogP contribution is 2.14. The maximum atomic E-state index is 13.5. The summed E-state index contributed by atoms with van der Waals surface area (Å²) in [7, 11) is 1.97. The zero-order valence-corrected chi connectivity index (χ0v) is 8.00. The van der Waals surface area contributed by atoms with Gasteiger partial charge in [0, 0.05) is 12.6 Å². The van der Waals surface area contributed by atoms with Crippen molar-refractivity contribution < 1.29 is 9.13 Å². The van der Waals surface area contributed by atoms with Crippen LogP contribution < -0.4 is 5.32 Å². The average Bonchev–Trinajstić information content (AvgIpc) is 1.99. The molecule has 0 amide bonds. The molecule has 13 heavy (non-hydrogen) atoms. The zero-order valence-electron chi connectivity index (χ0n) is 8.00. The molecule has 0 aromatic rings. The van der Waals surface area contributed by atoms with Crippen molar-refractivity contribution in [1.82, 2.24) is 10.2 Å². The van der Waals surface area contributed by atoms with Crippen molar-refractivity contribution in [2.45, 2.75) is 24.7 Å². The summed E-state index contributed by atoms with van der Waals surface area (Å²) in [5.74, 6) is 0. The number of nitrogens with one attached hydrogen (secondary N) is 1. The van der Waals surface area contributed by atoms with Crippen molar-refractivity contribution in [1.29, 1.82) is 0 Å². The molecule has 0 saturated carbocycles. The molecule has 2 aliphatic heterocycles. The van der Waals surface area contributed by atoms with E-state index in [4.69, 9.17) is 4.74 Å². The monoisotopic (exact) mass is 188 g/mol. The second kappa shape index (κ2) is 3.90. The van der Waals surface area contributed by atoms with E-state index in [0.29, 0.717) is 12.6 Å². The maximum Gasteiger partial charge on any atom is 0.128 e. The summed E-state index contributed by atoms with van der Waals surface area (Å²) < 4.78 is 18.5. The molecule has 2 fully saturated rings. The predicted molar refractivity (Wildman–Crippen MR) is 48.5 cm³/mol. The van der Waals surface area contributed by atoms with Gasteiger partial charge in [-0.1, -0.05) is 0 Å². The van der Waals surface area contributed by atoms with Crippen LogP contribution in [0.2, 0.25) is 0 Å². The molecule has 0 spiro atoms. The van der Waals surface area contributed by atoms with Gasteiger partial charge in [-0.2, -0.15) is 0 Å². The van der Waals surface area contributed by atoms with Gasteiger partial charge in [0.2, 0.25) is 0 Å². The molecule has 76 valence electrons. The lowest BCUT2D eigenvalue weighted by atomic mass is 10.0. The van der Waals surface area contributed by atoms with Crippen molar-refractivity contribution in [3.8, 4) is 0 Å². The fourth-order valence-electron chi connectivity index (χ4n) is 1.88. The lowest BCUT2D eigenvalue weighted by molar-refractivity contribution is -0.0204. The minimum Gasteiger partial charge on any atom is -0.378 e. The Hall–Kier alpha value is -0.190. The molecule has 2 unspecified atom stereocenters. The van der Waals surface area contributed by atoms with Crippen LogP contribution in [0, 0.1) is 0 Å². The van der Waals surface area contributed by atoms with Crippen molar-refractivity contribution in [3.63, 3.8) is 0 Å². The number of likely N-dealkylation sites (tertiary alicyclic amines) is 1. The van der Waals surface area contributed by atoms with Gasteiger partial charge in [-0.05, 0) is 20.0 Å². The third kappa shape index (κ3) is 2.18. The molecule has 2 heterocycles. The van der Waals surface area contributed by atoms with E-state index in [1.54, 1.807) is 0 Å². The summed E-state index contributed by atoms with van der Waals surface area (Å²) in [5.41, 5.74) is 0. The van der Waals surface area contributed by atoms with Crippen molar-refractivity contribution >= 4 is 0 Å². The molecular formula is C9H17FN2O. The molecule has 4 heteroatoms. The van der Waals surface area contributed by atoms with Gasteiger partial charge in [0.25, 0.3) is 0 Å². The van der Waals surface area contributed by atoms with Crippen molar-refractivity contribution in [2.75, 3.05) is 33.4 Å². The lowest BCUT2D eigenvalue weighted by Gasteiger charge is -2.37. The van der Waals surface area contributed by atoms with E-state index in [2.05, 4.69) is 5.32 Å². The molecule has 2 atom stereocenters. The van der Waals surface area contributed by atoms with Crippen LogP contribution in [0.15, 0.2) is 0 Å². The fraction of sp³-hybridized carbons (Fsp3) is 1.00. The number of hydrogen-bond acceptors (Lipinski definition) is 3. The zero-order chi connectivity index (χ0) is 9.26. The molecule has 3 nitrogen and oxygen atoms in total. The van der Waals surface area contributed by atoms with Crippen LogP contribution in [0.25, 0.3) is 0 Å². The number of halogens is 1. The van der Waals surface area contributed by atoms with E-state index in [1.165, 1.54) is 0 Å². The molecule has 0 bridgehead atoms. The fourth-order valence-corrected chi connectivity index (χ4v) is 1.88. The van der Waals surface area contributed by atoms with Crippen LogP contribution in [0.4, 0.5) is 4.39 Å². The van der Waals surface area contributed by atoms with Gasteiger partial charge in [-0.25, -0.2) is 4.39 Å². The Labute approximate surface area is 78.2 Å². The first kappa shape index (κ1) is 9.37. The second-order valence-corrected chi connectivity index (χ2v) is 4.07. The summed E-state index contributed by atoms with van der Waals surface area (Å²) in [5, 5.41) is 3.30. The number of ether oxygens (including phenoxy) is 1. The molecule has 0 aliphatic carbocycles. The van der Waals surface area contributed by atoms with Crippen molar-refractivity contribution in [2.24, 2.45) is 0 Å². The van der Waals surface area contributed by atoms with E-state index in [9.17, 15) is 4.39 Å². The Balaban J connectivity index is 1.77. The third-order valence-electron chi connectivity index (χ3n) is 2.83. The van der Waals surface area contributed by atoms with Crippen molar-refractivity contribution in [3.05, 3.63) is 0 Å². The summed E-state index contributed by atoms with van der Waals surface area (Å²) in [4.78, 5) is 2.04. The molecule has 0 aromatic carbocycles. The van der Waals surface area contributed by atoms with Gasteiger partial charge in [-0.15, -0.1) is 0 Å². The quantitative estimate of drug-likeness (QED) is 0.661. The topological polar surface area (TPSA) is 24.5 Å². The van der Waals surface area contributed by atoms with Crippen LogP contribution in [0.5, 0.6) is 0 Å². The first-order valence-electron chi connectivity index (χ1n) is 4.92. The summed E-state index contributed by atoms with van der Waals surface area (Å²) in [6, 6.07) is 0.441. The largest absolute Gasteiger partial charge is 0.378 e. The molecule has 0 radical (unpaired) electrons. The summed E-state index contributed by atoms with van der Waals surface area (Å²) in [6.45, 7) is 3.05. The Morgan fingerprint density at radius 2 is 2.23 bits per heavy atom. The Morgan fingerprint density at radius 1 is 1.46 bits per heavy atom. The van der Waals surface area contributed by atoms with Crippen LogP contribution >= 0.6 is 0 Å². The highest BCUT2D eigenvalue weighted by molar-refractivity contribution is 4.88. The van der Waals surface area contributed by atoms with Gasteiger partial charge in [0.15, 0.2) is 0 Å². The highest BCUT2D eigenvalue weighted by atomic mass is 19.1.